The van der Waals surface area contributed by atoms with Gasteiger partial charge >= 0.3 is 0 Å². The molecular formula is C12H22N6O. The topological polar surface area (TPSA) is 91.4 Å². The molecule has 1 fully saturated rings. The van der Waals surface area contributed by atoms with E-state index in [2.05, 4.69) is 19.9 Å². The van der Waals surface area contributed by atoms with E-state index in [4.69, 9.17) is 5.73 Å². The van der Waals surface area contributed by atoms with Crippen molar-refractivity contribution in [1.82, 2.24) is 15.0 Å². The van der Waals surface area contributed by atoms with E-state index < -0.39 is 0 Å². The van der Waals surface area contributed by atoms with Crippen molar-refractivity contribution in [2.45, 2.75) is 31.7 Å². The van der Waals surface area contributed by atoms with E-state index in [1.54, 1.807) is 4.90 Å². The number of aliphatic hydroxyl groups excluding tert-OH is 1. The lowest BCUT2D eigenvalue weighted by Gasteiger charge is -2.29. The van der Waals surface area contributed by atoms with Crippen LogP contribution in [0, 0.1) is 0 Å². The average Bonchev–Trinajstić information content (AvgIpc) is 2.62. The Hall–Kier alpha value is -1.63. The van der Waals surface area contributed by atoms with Crippen LogP contribution in [-0.4, -0.2) is 53.3 Å². The van der Waals surface area contributed by atoms with Crippen LogP contribution in [0.4, 0.5) is 17.8 Å². The second-order valence-corrected chi connectivity index (χ2v) is 5.07. The van der Waals surface area contributed by atoms with Crippen LogP contribution >= 0.6 is 0 Å². The van der Waals surface area contributed by atoms with Gasteiger partial charge in [0.2, 0.25) is 17.8 Å². The highest BCUT2D eigenvalue weighted by molar-refractivity contribution is 5.43. The normalized spacial score (nSPS) is 20.2. The summed E-state index contributed by atoms with van der Waals surface area (Å²) in [7, 11) is 3.73. The van der Waals surface area contributed by atoms with Gasteiger partial charge in [0, 0.05) is 20.6 Å². The molecular weight excluding hydrogens is 244 g/mol. The van der Waals surface area contributed by atoms with Crippen LogP contribution in [0.1, 0.15) is 25.7 Å². The summed E-state index contributed by atoms with van der Waals surface area (Å²) in [6.07, 6.45) is 4.34. The summed E-state index contributed by atoms with van der Waals surface area (Å²) in [5, 5.41) is 9.54. The zero-order valence-corrected chi connectivity index (χ0v) is 11.6. The summed E-state index contributed by atoms with van der Waals surface area (Å²) < 4.78 is 0. The third kappa shape index (κ3) is 3.23. The second kappa shape index (κ2) is 6.01. The number of hydrogen-bond donors (Lipinski definition) is 2. The molecule has 7 nitrogen and oxygen atoms in total. The first-order chi connectivity index (χ1) is 9.11. The third-order valence-corrected chi connectivity index (χ3v) is 3.37. The van der Waals surface area contributed by atoms with Gasteiger partial charge < -0.3 is 20.6 Å². The first-order valence-corrected chi connectivity index (χ1v) is 6.68. The molecule has 2 heterocycles. The van der Waals surface area contributed by atoms with Crippen LogP contribution in [0.2, 0.25) is 0 Å². The molecule has 1 aliphatic rings. The maximum atomic E-state index is 9.54. The van der Waals surface area contributed by atoms with Gasteiger partial charge in [0.05, 0.1) is 12.6 Å². The van der Waals surface area contributed by atoms with Crippen molar-refractivity contribution >= 4 is 17.8 Å². The highest BCUT2D eigenvalue weighted by atomic mass is 16.3. The molecule has 2 rings (SSSR count). The molecule has 0 spiro atoms. The average molecular weight is 266 g/mol. The maximum Gasteiger partial charge on any atom is 0.232 e. The Morgan fingerprint density at radius 3 is 2.74 bits per heavy atom. The van der Waals surface area contributed by atoms with Gasteiger partial charge in [0.15, 0.2) is 0 Å². The van der Waals surface area contributed by atoms with E-state index in [1.165, 1.54) is 6.42 Å². The van der Waals surface area contributed by atoms with Crippen molar-refractivity contribution in [2.24, 2.45) is 0 Å². The van der Waals surface area contributed by atoms with E-state index in [0.717, 1.165) is 25.8 Å². The van der Waals surface area contributed by atoms with E-state index in [0.29, 0.717) is 11.9 Å². The fraction of sp³-hybridized carbons (Fsp3) is 0.750. The summed E-state index contributed by atoms with van der Waals surface area (Å²) in [6, 6.07) is 0.0688. The lowest BCUT2D eigenvalue weighted by Crippen LogP contribution is -2.39. The molecule has 1 aliphatic heterocycles. The minimum absolute atomic E-state index is 0.0688. The van der Waals surface area contributed by atoms with Crippen LogP contribution in [-0.2, 0) is 0 Å². The fourth-order valence-corrected chi connectivity index (χ4v) is 2.33. The minimum atomic E-state index is 0.0688. The van der Waals surface area contributed by atoms with Crippen LogP contribution in [0.5, 0.6) is 0 Å². The predicted octanol–water partition coefficient (Wildman–Crippen LogP) is 0.261. The highest BCUT2D eigenvalue weighted by Crippen LogP contribution is 2.22. The Morgan fingerprint density at radius 1 is 1.26 bits per heavy atom. The number of rotatable bonds is 3. The van der Waals surface area contributed by atoms with Gasteiger partial charge in [-0.2, -0.15) is 15.0 Å². The molecule has 0 saturated carbocycles. The molecule has 19 heavy (non-hydrogen) atoms. The molecule has 0 aliphatic carbocycles. The number of hydrogen-bond acceptors (Lipinski definition) is 7. The fourth-order valence-electron chi connectivity index (χ4n) is 2.33. The number of aliphatic hydroxyl groups is 1. The van der Waals surface area contributed by atoms with Gasteiger partial charge in [-0.05, 0) is 12.8 Å². The van der Waals surface area contributed by atoms with Crippen molar-refractivity contribution in [3.05, 3.63) is 0 Å². The molecule has 0 amide bonds. The predicted molar refractivity (Wildman–Crippen MR) is 75.3 cm³/mol. The van der Waals surface area contributed by atoms with Crippen molar-refractivity contribution in [3.63, 3.8) is 0 Å². The first kappa shape index (κ1) is 13.8. The van der Waals surface area contributed by atoms with Crippen LogP contribution in [0.15, 0.2) is 0 Å². The second-order valence-electron chi connectivity index (χ2n) is 5.07. The largest absolute Gasteiger partial charge is 0.394 e. The molecule has 1 aromatic rings. The van der Waals surface area contributed by atoms with Crippen molar-refractivity contribution in [3.8, 4) is 0 Å². The van der Waals surface area contributed by atoms with Crippen molar-refractivity contribution in [2.75, 3.05) is 42.8 Å². The summed E-state index contributed by atoms with van der Waals surface area (Å²) in [5.41, 5.74) is 5.75. The summed E-state index contributed by atoms with van der Waals surface area (Å²) >= 11 is 0. The number of nitrogen functional groups attached to an aromatic ring is 1. The molecule has 0 radical (unpaired) electrons. The summed E-state index contributed by atoms with van der Waals surface area (Å²) in [5.74, 6) is 1.33. The number of nitrogens with two attached hydrogens (primary N) is 1. The van der Waals surface area contributed by atoms with Crippen LogP contribution in [0.3, 0.4) is 0 Å². The molecule has 1 saturated heterocycles. The molecule has 3 N–H and O–H groups in total. The molecule has 1 unspecified atom stereocenters. The Kier molecular flexibility index (Phi) is 4.36. The summed E-state index contributed by atoms with van der Waals surface area (Å²) in [4.78, 5) is 16.6. The maximum absolute atomic E-state index is 9.54. The Bertz CT molecular complexity index is 425. The van der Waals surface area contributed by atoms with Gasteiger partial charge in [0.25, 0.3) is 0 Å². The van der Waals surface area contributed by atoms with E-state index in [-0.39, 0.29) is 18.6 Å². The van der Waals surface area contributed by atoms with E-state index >= 15 is 0 Å². The Balaban J connectivity index is 2.32. The summed E-state index contributed by atoms with van der Waals surface area (Å²) in [6.45, 7) is 0.963. The van der Waals surface area contributed by atoms with Gasteiger partial charge in [-0.1, -0.05) is 12.8 Å². The first-order valence-electron chi connectivity index (χ1n) is 6.68. The van der Waals surface area contributed by atoms with Gasteiger partial charge in [-0.25, -0.2) is 0 Å². The van der Waals surface area contributed by atoms with Crippen molar-refractivity contribution in [1.29, 1.82) is 0 Å². The Labute approximate surface area is 113 Å². The number of nitrogens with zero attached hydrogens (tertiary/aromatic N) is 5. The molecule has 0 bridgehead atoms. The molecule has 1 atom stereocenters. The molecule has 0 aromatic carbocycles. The van der Waals surface area contributed by atoms with Crippen LogP contribution in [0.25, 0.3) is 0 Å². The third-order valence-electron chi connectivity index (χ3n) is 3.37. The lowest BCUT2D eigenvalue weighted by atomic mass is 10.1. The monoisotopic (exact) mass is 266 g/mol. The lowest BCUT2D eigenvalue weighted by molar-refractivity contribution is 0.254. The smallest absolute Gasteiger partial charge is 0.232 e. The zero-order valence-electron chi connectivity index (χ0n) is 11.6. The van der Waals surface area contributed by atoms with Gasteiger partial charge in [0.1, 0.15) is 0 Å². The van der Waals surface area contributed by atoms with E-state index in [9.17, 15) is 5.11 Å². The zero-order chi connectivity index (χ0) is 13.8. The quantitative estimate of drug-likeness (QED) is 0.810. The van der Waals surface area contributed by atoms with Gasteiger partial charge in [-0.3, -0.25) is 0 Å². The SMILES string of the molecule is CN(C)c1nc(N)nc(N2CCCCCC2CO)n1. The van der Waals surface area contributed by atoms with Crippen molar-refractivity contribution < 1.29 is 5.11 Å². The van der Waals surface area contributed by atoms with E-state index in [1.807, 2.05) is 14.1 Å². The number of anilines is 3. The van der Waals surface area contributed by atoms with Crippen LogP contribution < -0.4 is 15.5 Å². The molecule has 7 heteroatoms. The van der Waals surface area contributed by atoms with Gasteiger partial charge in [-0.15, -0.1) is 0 Å². The minimum Gasteiger partial charge on any atom is -0.394 e. The molecule has 106 valence electrons. The standard InChI is InChI=1S/C12H22N6O/c1-17(2)11-14-10(13)15-12(16-11)18-7-5-3-4-6-9(18)8-19/h9,19H,3-8H2,1-2H3,(H2,13,14,15,16). The number of aromatic nitrogens is 3. The molecule has 1 aromatic heterocycles. The highest BCUT2D eigenvalue weighted by Gasteiger charge is 2.23. The Morgan fingerprint density at radius 2 is 2.05 bits per heavy atom.